The molecule has 1 aliphatic heterocycles. The number of halogens is 1. The molecule has 3 rings (SSSR count). The van der Waals surface area contributed by atoms with Gasteiger partial charge >= 0.3 is 0 Å². The molecule has 18 heavy (non-hydrogen) atoms. The van der Waals surface area contributed by atoms with Crippen molar-refractivity contribution in [2.45, 2.75) is 26.0 Å². The van der Waals surface area contributed by atoms with Crippen molar-refractivity contribution >= 4 is 33.8 Å². The molecule has 1 N–H and O–H groups in total. The van der Waals surface area contributed by atoms with Crippen molar-refractivity contribution in [1.29, 1.82) is 0 Å². The molecule has 96 valence electrons. The highest BCUT2D eigenvalue weighted by atomic mass is 127. The van der Waals surface area contributed by atoms with Crippen LogP contribution < -0.4 is 10.1 Å². The number of ether oxygens (including phenoxy) is 1. The number of hydrogen-bond acceptors (Lipinski definition) is 5. The van der Waals surface area contributed by atoms with Gasteiger partial charge in [0.1, 0.15) is 12.4 Å². The predicted octanol–water partition coefficient (Wildman–Crippen LogP) is 1.19. The Morgan fingerprint density at radius 1 is 1.56 bits per heavy atom. The first-order chi connectivity index (χ1) is 8.79. The van der Waals surface area contributed by atoms with E-state index in [4.69, 9.17) is 4.74 Å². The van der Waals surface area contributed by atoms with Crippen LogP contribution in [0.25, 0.3) is 11.2 Å². The van der Waals surface area contributed by atoms with Crippen LogP contribution in [0.4, 0.5) is 0 Å². The smallest absolute Gasteiger partial charge is 0.245 e. The number of nitrogens with one attached hydrogen (secondary N) is 1. The highest BCUT2D eigenvalue weighted by molar-refractivity contribution is 14.1. The second-order valence-electron chi connectivity index (χ2n) is 4.21. The molecule has 0 unspecified atom stereocenters. The van der Waals surface area contributed by atoms with Crippen LogP contribution in [0.2, 0.25) is 0 Å². The van der Waals surface area contributed by atoms with Crippen molar-refractivity contribution in [3.63, 3.8) is 0 Å². The van der Waals surface area contributed by atoms with Gasteiger partial charge < -0.3 is 14.6 Å². The summed E-state index contributed by atoms with van der Waals surface area (Å²) in [6.07, 6.45) is 2.74. The molecule has 0 radical (unpaired) electrons. The third-order valence-electron chi connectivity index (χ3n) is 3.06. The van der Waals surface area contributed by atoms with Gasteiger partial charge in [-0.3, -0.25) is 0 Å². The topological polar surface area (TPSA) is 64.9 Å². The molecule has 1 fully saturated rings. The molecule has 1 saturated heterocycles. The van der Waals surface area contributed by atoms with Crippen molar-refractivity contribution in [2.24, 2.45) is 0 Å². The van der Waals surface area contributed by atoms with Crippen molar-refractivity contribution in [3.05, 3.63) is 10.2 Å². The summed E-state index contributed by atoms with van der Waals surface area (Å²) in [5.74, 6) is 0.596. The summed E-state index contributed by atoms with van der Waals surface area (Å²) >= 11 is 2.21. The summed E-state index contributed by atoms with van der Waals surface area (Å²) in [7, 11) is 0. The Balaban J connectivity index is 2.01. The molecule has 2 aromatic heterocycles. The summed E-state index contributed by atoms with van der Waals surface area (Å²) in [4.78, 5) is 13.0. The van der Waals surface area contributed by atoms with Gasteiger partial charge in [-0.2, -0.15) is 4.98 Å². The number of aromatic nitrogens is 4. The Labute approximate surface area is 118 Å². The highest BCUT2D eigenvalue weighted by Gasteiger charge is 2.20. The summed E-state index contributed by atoms with van der Waals surface area (Å²) in [6, 6.07) is 0. The molecule has 1 atom stereocenters. The van der Waals surface area contributed by atoms with E-state index in [9.17, 15) is 0 Å². The van der Waals surface area contributed by atoms with Gasteiger partial charge in [0.25, 0.3) is 0 Å². The Hall–Kier alpha value is -0.960. The van der Waals surface area contributed by atoms with Gasteiger partial charge in [-0.05, 0) is 19.9 Å². The number of hydrogen-bond donors (Lipinski definition) is 1. The monoisotopic (exact) mass is 359 g/mol. The lowest BCUT2D eigenvalue weighted by Crippen LogP contribution is -2.20. The number of nitrogens with zero attached hydrogens (tertiary/aromatic N) is 4. The molecule has 0 aromatic carbocycles. The molecule has 0 amide bonds. The average molecular weight is 359 g/mol. The third-order valence-corrected chi connectivity index (χ3v) is 3.89. The second kappa shape index (κ2) is 4.96. The minimum absolute atomic E-state index is 0.188. The van der Waals surface area contributed by atoms with E-state index in [1.165, 1.54) is 0 Å². The quantitative estimate of drug-likeness (QED) is 0.659. The summed E-state index contributed by atoms with van der Waals surface area (Å²) in [6.45, 7) is 4.79. The summed E-state index contributed by atoms with van der Waals surface area (Å²) in [5, 5.41) is 3.27. The maximum absolute atomic E-state index is 5.91. The maximum atomic E-state index is 5.91. The predicted molar refractivity (Wildman–Crippen MR) is 75.6 cm³/mol. The van der Waals surface area contributed by atoms with Crippen LogP contribution in [0, 0.1) is 3.83 Å². The summed E-state index contributed by atoms with van der Waals surface area (Å²) in [5.41, 5.74) is 1.61. The van der Waals surface area contributed by atoms with Crippen LogP contribution in [0.1, 0.15) is 13.3 Å². The van der Waals surface area contributed by atoms with E-state index >= 15 is 0 Å². The minimum atomic E-state index is 0.188. The van der Waals surface area contributed by atoms with E-state index in [0.29, 0.717) is 5.88 Å². The Morgan fingerprint density at radius 2 is 2.44 bits per heavy atom. The lowest BCUT2D eigenvalue weighted by atomic mass is 10.3. The SMILES string of the molecule is CCn1c(I)nc2c(O[C@H]3CCNC3)ncnc21. The van der Waals surface area contributed by atoms with E-state index in [1.807, 2.05) is 0 Å². The number of aryl methyl sites for hydroxylation is 1. The number of rotatable bonds is 3. The molecular formula is C11H14IN5O. The van der Waals surface area contributed by atoms with Gasteiger partial charge in [0, 0.05) is 35.7 Å². The van der Waals surface area contributed by atoms with Gasteiger partial charge in [0.05, 0.1) is 0 Å². The fourth-order valence-electron chi connectivity index (χ4n) is 2.14. The molecule has 3 heterocycles. The summed E-state index contributed by atoms with van der Waals surface area (Å²) < 4.78 is 8.88. The van der Waals surface area contributed by atoms with E-state index in [-0.39, 0.29) is 6.10 Å². The Kier molecular flexibility index (Phi) is 3.33. The van der Waals surface area contributed by atoms with Gasteiger partial charge in [0.2, 0.25) is 5.88 Å². The maximum Gasteiger partial charge on any atom is 0.245 e. The molecule has 6 nitrogen and oxygen atoms in total. The minimum Gasteiger partial charge on any atom is -0.471 e. The molecule has 1 aliphatic rings. The van der Waals surface area contributed by atoms with Crippen LogP contribution in [-0.2, 0) is 6.54 Å². The molecule has 7 heteroatoms. The van der Waals surface area contributed by atoms with Crippen molar-refractivity contribution < 1.29 is 4.74 Å². The fraction of sp³-hybridized carbons (Fsp3) is 0.545. The first kappa shape index (κ1) is 12.1. The Bertz CT molecular complexity index is 564. The van der Waals surface area contributed by atoms with E-state index in [0.717, 1.165) is 41.1 Å². The molecule has 0 bridgehead atoms. The average Bonchev–Trinajstić information content (AvgIpc) is 2.96. The zero-order valence-corrected chi connectivity index (χ0v) is 12.2. The van der Waals surface area contributed by atoms with E-state index < -0.39 is 0 Å². The molecule has 2 aromatic rings. The zero-order chi connectivity index (χ0) is 12.5. The van der Waals surface area contributed by atoms with Crippen molar-refractivity contribution in [2.75, 3.05) is 13.1 Å². The Morgan fingerprint density at radius 3 is 3.17 bits per heavy atom. The van der Waals surface area contributed by atoms with Crippen LogP contribution in [0.3, 0.4) is 0 Å². The van der Waals surface area contributed by atoms with E-state index in [1.54, 1.807) is 6.33 Å². The van der Waals surface area contributed by atoms with Crippen molar-refractivity contribution in [3.8, 4) is 5.88 Å². The number of fused-ring (bicyclic) bond motifs is 1. The van der Waals surface area contributed by atoms with Crippen LogP contribution in [-0.4, -0.2) is 38.7 Å². The van der Waals surface area contributed by atoms with Gasteiger partial charge in [-0.25, -0.2) is 9.97 Å². The first-order valence-corrected chi connectivity index (χ1v) is 7.11. The normalized spacial score (nSPS) is 19.6. The highest BCUT2D eigenvalue weighted by Crippen LogP contribution is 2.24. The van der Waals surface area contributed by atoms with Crippen LogP contribution in [0.5, 0.6) is 5.88 Å². The van der Waals surface area contributed by atoms with E-state index in [2.05, 4.69) is 54.4 Å². The third kappa shape index (κ3) is 2.05. The first-order valence-electron chi connectivity index (χ1n) is 6.03. The lowest BCUT2D eigenvalue weighted by molar-refractivity contribution is 0.216. The van der Waals surface area contributed by atoms with Crippen LogP contribution in [0.15, 0.2) is 6.33 Å². The lowest BCUT2D eigenvalue weighted by Gasteiger charge is -2.11. The standard InChI is InChI=1S/C11H14IN5O/c1-2-17-9-8(16-11(17)12)10(15-6-14-9)18-7-3-4-13-5-7/h6-7,13H,2-5H2,1H3/t7-/m0/s1. The van der Waals surface area contributed by atoms with Gasteiger partial charge in [-0.1, -0.05) is 0 Å². The van der Waals surface area contributed by atoms with Gasteiger partial charge in [0.15, 0.2) is 15.0 Å². The van der Waals surface area contributed by atoms with Crippen LogP contribution >= 0.6 is 22.6 Å². The van der Waals surface area contributed by atoms with Gasteiger partial charge in [-0.15, -0.1) is 0 Å². The largest absolute Gasteiger partial charge is 0.471 e. The molecule has 0 aliphatic carbocycles. The molecule has 0 saturated carbocycles. The number of imidazole rings is 1. The van der Waals surface area contributed by atoms with Crippen molar-refractivity contribution in [1.82, 2.24) is 24.8 Å². The fourth-order valence-corrected chi connectivity index (χ4v) is 2.95. The second-order valence-corrected chi connectivity index (χ2v) is 5.17. The zero-order valence-electron chi connectivity index (χ0n) is 10.1. The molecular weight excluding hydrogens is 345 g/mol. The molecule has 0 spiro atoms.